The van der Waals surface area contributed by atoms with Gasteiger partial charge in [0, 0.05) is 12.8 Å². The van der Waals surface area contributed by atoms with Gasteiger partial charge in [-0.2, -0.15) is 0 Å². The summed E-state index contributed by atoms with van der Waals surface area (Å²) in [5.74, 6) is -1.64. The Morgan fingerprint density at radius 1 is 0.885 bits per heavy atom. The lowest BCUT2D eigenvalue weighted by atomic mass is 10.0. The molecule has 1 heterocycles. The molecule has 0 aromatic carbocycles. The van der Waals surface area contributed by atoms with Gasteiger partial charge < -0.3 is 19.7 Å². The molecule has 0 saturated carbocycles. The standard InChI is InChI=1S/C22H38O4/c1-2-3-4-5-6-7-8-9-10-11-12-13-14-15-16-17-22(23,24)18-21-19-25-20-26-21/h6-7,9-10,12-13,21,23-24H,2-5,8,11,14-20H2,1H3/b7-6-,10-9-,13-12-. The number of ether oxygens (including phenoxy) is 2. The normalized spacial score (nSPS) is 18.8. The lowest BCUT2D eigenvalue weighted by Gasteiger charge is -2.23. The van der Waals surface area contributed by atoms with Crippen LogP contribution in [0.15, 0.2) is 36.5 Å². The molecule has 0 aromatic heterocycles. The first-order chi connectivity index (χ1) is 12.6. The summed E-state index contributed by atoms with van der Waals surface area (Å²) in [6.07, 6.45) is 23.5. The van der Waals surface area contributed by atoms with Gasteiger partial charge in [-0.05, 0) is 44.9 Å². The van der Waals surface area contributed by atoms with Gasteiger partial charge in [0.2, 0.25) is 0 Å². The van der Waals surface area contributed by atoms with Crippen LogP contribution in [0, 0.1) is 0 Å². The number of unbranched alkanes of at least 4 members (excludes halogenated alkanes) is 5. The fourth-order valence-electron chi connectivity index (χ4n) is 2.92. The van der Waals surface area contributed by atoms with E-state index in [4.69, 9.17) is 9.47 Å². The van der Waals surface area contributed by atoms with Crippen LogP contribution in [0.3, 0.4) is 0 Å². The van der Waals surface area contributed by atoms with E-state index in [1.165, 1.54) is 25.7 Å². The van der Waals surface area contributed by atoms with Gasteiger partial charge >= 0.3 is 0 Å². The Morgan fingerprint density at radius 2 is 1.50 bits per heavy atom. The van der Waals surface area contributed by atoms with Gasteiger partial charge in [0.15, 0.2) is 5.79 Å². The maximum atomic E-state index is 9.97. The van der Waals surface area contributed by atoms with Crippen LogP contribution in [0.4, 0.5) is 0 Å². The zero-order valence-corrected chi connectivity index (χ0v) is 16.4. The fourth-order valence-corrected chi connectivity index (χ4v) is 2.92. The van der Waals surface area contributed by atoms with Crippen LogP contribution in [-0.4, -0.2) is 35.5 Å². The summed E-state index contributed by atoms with van der Waals surface area (Å²) in [5.41, 5.74) is 0. The molecular weight excluding hydrogens is 328 g/mol. The van der Waals surface area contributed by atoms with Gasteiger partial charge in [-0.25, -0.2) is 0 Å². The smallest absolute Gasteiger partial charge is 0.165 e. The molecule has 4 heteroatoms. The lowest BCUT2D eigenvalue weighted by Crippen LogP contribution is -2.33. The Balaban J connectivity index is 1.94. The van der Waals surface area contributed by atoms with E-state index in [0.29, 0.717) is 13.0 Å². The molecule has 26 heavy (non-hydrogen) atoms. The van der Waals surface area contributed by atoms with Crippen molar-refractivity contribution in [2.24, 2.45) is 0 Å². The van der Waals surface area contributed by atoms with Gasteiger partial charge in [0.25, 0.3) is 0 Å². The zero-order valence-electron chi connectivity index (χ0n) is 16.4. The second-order valence-corrected chi connectivity index (χ2v) is 7.09. The maximum absolute atomic E-state index is 9.97. The molecule has 1 rings (SSSR count). The molecule has 0 aliphatic carbocycles. The highest BCUT2D eigenvalue weighted by molar-refractivity contribution is 4.97. The van der Waals surface area contributed by atoms with Gasteiger partial charge in [0.05, 0.1) is 12.7 Å². The summed E-state index contributed by atoms with van der Waals surface area (Å²) in [4.78, 5) is 0. The Kier molecular flexibility index (Phi) is 13.5. The average Bonchev–Trinajstić information content (AvgIpc) is 3.10. The van der Waals surface area contributed by atoms with Crippen molar-refractivity contribution in [2.75, 3.05) is 13.4 Å². The third kappa shape index (κ3) is 13.3. The third-order valence-corrected chi connectivity index (χ3v) is 4.46. The topological polar surface area (TPSA) is 58.9 Å². The molecule has 0 aromatic rings. The highest BCUT2D eigenvalue weighted by atomic mass is 16.7. The highest BCUT2D eigenvalue weighted by Crippen LogP contribution is 2.21. The molecular formula is C22H38O4. The average molecular weight is 367 g/mol. The largest absolute Gasteiger partial charge is 0.366 e. The second-order valence-electron chi connectivity index (χ2n) is 7.09. The minimum absolute atomic E-state index is 0.192. The number of aliphatic hydroxyl groups is 2. The summed E-state index contributed by atoms with van der Waals surface area (Å²) >= 11 is 0. The van der Waals surface area contributed by atoms with Crippen LogP contribution >= 0.6 is 0 Å². The van der Waals surface area contributed by atoms with Crippen molar-refractivity contribution in [3.63, 3.8) is 0 Å². The summed E-state index contributed by atoms with van der Waals surface area (Å²) in [6.45, 7) is 2.94. The van der Waals surface area contributed by atoms with Crippen molar-refractivity contribution in [1.29, 1.82) is 0 Å². The lowest BCUT2D eigenvalue weighted by molar-refractivity contribution is -0.185. The van der Waals surface area contributed by atoms with Gasteiger partial charge in [0.1, 0.15) is 6.79 Å². The first-order valence-corrected chi connectivity index (χ1v) is 10.2. The molecule has 1 aliphatic rings. The Hall–Kier alpha value is -0.940. The SMILES string of the molecule is CCCCC/C=C\C/C=C\C/C=C\CCCCC(O)(O)CC1COCO1. The first kappa shape index (κ1) is 23.1. The molecule has 1 fully saturated rings. The molecule has 4 nitrogen and oxygen atoms in total. The highest BCUT2D eigenvalue weighted by Gasteiger charge is 2.29. The van der Waals surface area contributed by atoms with E-state index in [-0.39, 0.29) is 19.3 Å². The predicted molar refractivity (Wildman–Crippen MR) is 107 cm³/mol. The Bertz CT molecular complexity index is 406. The first-order valence-electron chi connectivity index (χ1n) is 10.2. The molecule has 1 atom stereocenters. The van der Waals surface area contributed by atoms with E-state index in [1.807, 2.05) is 0 Å². The van der Waals surface area contributed by atoms with Crippen molar-refractivity contribution < 1.29 is 19.7 Å². The van der Waals surface area contributed by atoms with Crippen LogP contribution < -0.4 is 0 Å². The summed E-state index contributed by atoms with van der Waals surface area (Å²) in [5, 5.41) is 19.9. The molecule has 0 amide bonds. The van der Waals surface area contributed by atoms with Crippen LogP contribution in [0.5, 0.6) is 0 Å². The molecule has 0 spiro atoms. The zero-order chi connectivity index (χ0) is 18.9. The summed E-state index contributed by atoms with van der Waals surface area (Å²) in [7, 11) is 0. The van der Waals surface area contributed by atoms with E-state index >= 15 is 0 Å². The van der Waals surface area contributed by atoms with Crippen molar-refractivity contribution in [3.8, 4) is 0 Å². The van der Waals surface area contributed by atoms with E-state index in [0.717, 1.165) is 32.1 Å². The Morgan fingerprint density at radius 3 is 2.08 bits per heavy atom. The van der Waals surface area contributed by atoms with Crippen LogP contribution in [0.25, 0.3) is 0 Å². The van der Waals surface area contributed by atoms with Crippen molar-refractivity contribution in [2.45, 2.75) is 89.4 Å². The number of rotatable bonds is 15. The van der Waals surface area contributed by atoms with Crippen molar-refractivity contribution in [3.05, 3.63) is 36.5 Å². The number of hydrogen-bond donors (Lipinski definition) is 2. The third-order valence-electron chi connectivity index (χ3n) is 4.46. The minimum Gasteiger partial charge on any atom is -0.366 e. The second kappa shape index (κ2) is 15.2. The van der Waals surface area contributed by atoms with Gasteiger partial charge in [-0.15, -0.1) is 0 Å². The maximum Gasteiger partial charge on any atom is 0.165 e. The molecule has 0 bridgehead atoms. The molecule has 1 aliphatic heterocycles. The van der Waals surface area contributed by atoms with E-state index in [1.54, 1.807) is 0 Å². The Labute approximate surface area is 159 Å². The van der Waals surface area contributed by atoms with Gasteiger partial charge in [-0.1, -0.05) is 56.2 Å². The number of hydrogen-bond acceptors (Lipinski definition) is 4. The molecule has 2 N–H and O–H groups in total. The van der Waals surface area contributed by atoms with Gasteiger partial charge in [-0.3, -0.25) is 0 Å². The molecule has 150 valence electrons. The van der Waals surface area contributed by atoms with Crippen LogP contribution in [-0.2, 0) is 9.47 Å². The molecule has 1 unspecified atom stereocenters. The van der Waals surface area contributed by atoms with Crippen molar-refractivity contribution >= 4 is 0 Å². The number of allylic oxidation sites excluding steroid dienone is 6. The molecule has 0 radical (unpaired) electrons. The quantitative estimate of drug-likeness (QED) is 0.243. The molecule has 1 saturated heterocycles. The monoisotopic (exact) mass is 366 g/mol. The van der Waals surface area contributed by atoms with Crippen LogP contribution in [0.2, 0.25) is 0 Å². The fraction of sp³-hybridized carbons (Fsp3) is 0.727. The predicted octanol–water partition coefficient (Wildman–Crippen LogP) is 5.02. The summed E-state index contributed by atoms with van der Waals surface area (Å²) in [6, 6.07) is 0. The van der Waals surface area contributed by atoms with E-state index in [9.17, 15) is 10.2 Å². The van der Waals surface area contributed by atoms with E-state index < -0.39 is 5.79 Å². The van der Waals surface area contributed by atoms with Crippen molar-refractivity contribution in [1.82, 2.24) is 0 Å². The minimum atomic E-state index is -1.64. The van der Waals surface area contributed by atoms with Crippen LogP contribution in [0.1, 0.15) is 77.6 Å². The summed E-state index contributed by atoms with van der Waals surface area (Å²) < 4.78 is 10.3. The van der Waals surface area contributed by atoms with E-state index in [2.05, 4.69) is 43.4 Å².